The number of carboxylic acid groups (broad SMARTS) is 1. The average molecular weight is 355 g/mol. The van der Waals surface area contributed by atoms with Crippen molar-refractivity contribution >= 4 is 39.0 Å². The first-order chi connectivity index (χ1) is 10.9. The van der Waals surface area contributed by atoms with Crippen LogP contribution in [0.4, 0.5) is 8.78 Å². The first-order valence-corrected chi connectivity index (χ1v) is 7.61. The lowest BCUT2D eigenvalue weighted by molar-refractivity contribution is 0.0703. The number of ether oxygens (including phenoxy) is 1. The van der Waals surface area contributed by atoms with Crippen molar-refractivity contribution in [1.82, 2.24) is 0 Å². The normalized spacial score (nSPS) is 11.0. The third-order valence-electron chi connectivity index (χ3n) is 3.37. The average Bonchev–Trinajstić information content (AvgIpc) is 2.86. The second-order valence-electron chi connectivity index (χ2n) is 4.69. The number of aromatic carboxylic acids is 1. The summed E-state index contributed by atoms with van der Waals surface area (Å²) in [6.07, 6.45) is 0. The highest BCUT2D eigenvalue weighted by molar-refractivity contribution is 7.21. The molecule has 0 aliphatic carbocycles. The number of hydrogen-bond acceptors (Lipinski definition) is 3. The van der Waals surface area contributed by atoms with Gasteiger partial charge in [0.1, 0.15) is 22.3 Å². The van der Waals surface area contributed by atoms with Crippen LogP contribution in [-0.2, 0) is 0 Å². The minimum Gasteiger partial charge on any atom is -0.495 e. The van der Waals surface area contributed by atoms with Gasteiger partial charge in [-0.3, -0.25) is 0 Å². The molecule has 0 unspecified atom stereocenters. The molecule has 0 saturated carbocycles. The number of benzene rings is 2. The molecule has 1 heterocycles. The van der Waals surface area contributed by atoms with E-state index in [2.05, 4.69) is 0 Å². The first kappa shape index (κ1) is 15.7. The van der Waals surface area contributed by atoms with E-state index < -0.39 is 17.6 Å². The molecule has 0 amide bonds. The van der Waals surface area contributed by atoms with Gasteiger partial charge in [0.05, 0.1) is 12.1 Å². The molecule has 3 nitrogen and oxygen atoms in total. The number of hydrogen-bond donors (Lipinski definition) is 1. The van der Waals surface area contributed by atoms with Crippen LogP contribution in [0.2, 0.25) is 5.02 Å². The Balaban J connectivity index is 2.45. The summed E-state index contributed by atoms with van der Waals surface area (Å²) in [5.74, 6) is -2.19. The lowest BCUT2D eigenvalue weighted by atomic mass is 10.0. The Morgan fingerprint density at radius 2 is 1.96 bits per heavy atom. The van der Waals surface area contributed by atoms with Gasteiger partial charge in [-0.1, -0.05) is 11.6 Å². The Hall–Kier alpha value is -2.18. The molecule has 0 aliphatic heterocycles. The predicted molar refractivity (Wildman–Crippen MR) is 85.7 cm³/mol. The van der Waals surface area contributed by atoms with Crippen LogP contribution in [-0.4, -0.2) is 18.2 Å². The molecule has 0 atom stereocenters. The van der Waals surface area contributed by atoms with E-state index in [9.17, 15) is 18.7 Å². The summed E-state index contributed by atoms with van der Waals surface area (Å²) in [6, 6.07) is 6.32. The van der Waals surface area contributed by atoms with Gasteiger partial charge in [0, 0.05) is 21.2 Å². The van der Waals surface area contributed by atoms with Gasteiger partial charge in [-0.05, 0) is 30.3 Å². The van der Waals surface area contributed by atoms with Crippen LogP contribution in [0, 0.1) is 11.6 Å². The summed E-state index contributed by atoms with van der Waals surface area (Å²) >= 11 is 7.05. The van der Waals surface area contributed by atoms with Crippen LogP contribution < -0.4 is 4.74 Å². The van der Waals surface area contributed by atoms with Gasteiger partial charge in [0.2, 0.25) is 0 Å². The molecule has 0 spiro atoms. The molecule has 0 aliphatic rings. The number of carboxylic acids is 1. The molecule has 0 radical (unpaired) electrons. The Morgan fingerprint density at radius 3 is 2.61 bits per heavy atom. The maximum Gasteiger partial charge on any atom is 0.346 e. The molecule has 0 fully saturated rings. The fourth-order valence-corrected chi connectivity index (χ4v) is 3.79. The van der Waals surface area contributed by atoms with Crippen molar-refractivity contribution in [2.45, 2.75) is 0 Å². The lowest BCUT2D eigenvalue weighted by Crippen LogP contribution is -1.98. The van der Waals surface area contributed by atoms with Gasteiger partial charge in [-0.25, -0.2) is 13.6 Å². The molecule has 0 bridgehead atoms. The van der Waals surface area contributed by atoms with Gasteiger partial charge < -0.3 is 9.84 Å². The summed E-state index contributed by atoms with van der Waals surface area (Å²) in [6.45, 7) is 0. The number of carbonyl (C=O) groups is 1. The van der Waals surface area contributed by atoms with E-state index >= 15 is 0 Å². The molecule has 23 heavy (non-hydrogen) atoms. The Labute approximate surface area is 138 Å². The fourth-order valence-electron chi connectivity index (χ4n) is 2.39. The molecular formula is C16H9ClF2O3S. The molecule has 0 saturated heterocycles. The van der Waals surface area contributed by atoms with Crippen molar-refractivity contribution in [1.29, 1.82) is 0 Å². The van der Waals surface area contributed by atoms with Crippen molar-refractivity contribution < 1.29 is 23.4 Å². The van der Waals surface area contributed by atoms with Crippen LogP contribution in [0.3, 0.4) is 0 Å². The number of rotatable bonds is 3. The van der Waals surface area contributed by atoms with Crippen molar-refractivity contribution in [2.75, 3.05) is 7.11 Å². The van der Waals surface area contributed by atoms with Gasteiger partial charge in [0.25, 0.3) is 0 Å². The van der Waals surface area contributed by atoms with E-state index in [4.69, 9.17) is 16.3 Å². The Kier molecular flexibility index (Phi) is 3.95. The van der Waals surface area contributed by atoms with Crippen molar-refractivity contribution in [3.8, 4) is 16.9 Å². The number of halogens is 3. The minimum atomic E-state index is -1.24. The van der Waals surface area contributed by atoms with Crippen LogP contribution in [0.1, 0.15) is 9.67 Å². The second kappa shape index (κ2) is 5.79. The molecule has 3 aromatic rings. The fraction of sp³-hybridized carbons (Fsp3) is 0.0625. The predicted octanol–water partition coefficient (Wildman–Crippen LogP) is 5.21. The molecule has 1 N–H and O–H groups in total. The van der Waals surface area contributed by atoms with E-state index in [0.29, 0.717) is 10.1 Å². The maximum absolute atomic E-state index is 14.4. The van der Waals surface area contributed by atoms with Gasteiger partial charge in [0.15, 0.2) is 0 Å². The first-order valence-electron chi connectivity index (χ1n) is 6.41. The largest absolute Gasteiger partial charge is 0.495 e. The Bertz CT molecular complexity index is 937. The van der Waals surface area contributed by atoms with Crippen LogP contribution in [0.25, 0.3) is 21.2 Å². The van der Waals surface area contributed by atoms with E-state index in [-0.39, 0.29) is 26.8 Å². The smallest absolute Gasteiger partial charge is 0.346 e. The third kappa shape index (κ3) is 2.54. The highest BCUT2D eigenvalue weighted by atomic mass is 35.5. The lowest BCUT2D eigenvalue weighted by Gasteiger charge is -2.10. The molecule has 2 aromatic carbocycles. The maximum atomic E-state index is 14.4. The van der Waals surface area contributed by atoms with Crippen molar-refractivity contribution in [3.05, 3.63) is 51.9 Å². The number of fused-ring (bicyclic) bond motifs is 1. The summed E-state index contributed by atoms with van der Waals surface area (Å²) in [5, 5.41) is 9.82. The highest BCUT2D eigenvalue weighted by Crippen LogP contribution is 2.45. The molecule has 1 aromatic heterocycles. The van der Waals surface area contributed by atoms with Gasteiger partial charge in [-0.2, -0.15) is 0 Å². The molecular weight excluding hydrogens is 346 g/mol. The summed E-state index contributed by atoms with van der Waals surface area (Å²) in [4.78, 5) is 11.4. The van der Waals surface area contributed by atoms with E-state index in [1.807, 2.05) is 0 Å². The van der Waals surface area contributed by atoms with Gasteiger partial charge >= 0.3 is 5.97 Å². The summed E-state index contributed by atoms with van der Waals surface area (Å²) < 4.78 is 33.2. The standard InChI is InChI=1S/C16H9ClF2O3S/c1-22-10-5-4-9(19)13(14(10)17)12-8-3-2-7(18)6-11(8)23-15(12)16(20)21/h2-6H,1H3,(H,20,21). The highest BCUT2D eigenvalue weighted by Gasteiger charge is 2.25. The van der Waals surface area contributed by atoms with E-state index in [0.717, 1.165) is 17.4 Å². The Morgan fingerprint density at radius 1 is 1.22 bits per heavy atom. The topological polar surface area (TPSA) is 46.5 Å². The summed E-state index contributed by atoms with van der Waals surface area (Å²) in [7, 11) is 1.38. The van der Waals surface area contributed by atoms with Gasteiger partial charge in [-0.15, -0.1) is 11.3 Å². The van der Waals surface area contributed by atoms with E-state index in [1.54, 1.807) is 0 Å². The SMILES string of the molecule is COc1ccc(F)c(-c2c(C(=O)O)sc3cc(F)ccc23)c1Cl. The van der Waals surface area contributed by atoms with Crippen molar-refractivity contribution in [3.63, 3.8) is 0 Å². The molecule has 7 heteroatoms. The molecule has 3 rings (SSSR count). The van der Waals surface area contributed by atoms with Crippen LogP contribution >= 0.6 is 22.9 Å². The second-order valence-corrected chi connectivity index (χ2v) is 6.12. The third-order valence-corrected chi connectivity index (χ3v) is 4.89. The van der Waals surface area contributed by atoms with Crippen molar-refractivity contribution in [2.24, 2.45) is 0 Å². The van der Waals surface area contributed by atoms with Crippen LogP contribution in [0.15, 0.2) is 30.3 Å². The van der Waals surface area contributed by atoms with Crippen LogP contribution in [0.5, 0.6) is 5.75 Å². The molecule has 118 valence electrons. The number of thiophene rings is 1. The zero-order valence-electron chi connectivity index (χ0n) is 11.7. The van der Waals surface area contributed by atoms with E-state index in [1.165, 1.54) is 31.4 Å². The zero-order chi connectivity index (χ0) is 16.7. The minimum absolute atomic E-state index is 0.0287. The monoisotopic (exact) mass is 354 g/mol. The zero-order valence-corrected chi connectivity index (χ0v) is 13.3. The summed E-state index contributed by atoms with van der Waals surface area (Å²) in [5.41, 5.74) is 0.0557. The quantitative estimate of drug-likeness (QED) is 0.702. The number of methoxy groups -OCH3 is 1.